The number of aryl methyl sites for hydroxylation is 1. The zero-order valence-electron chi connectivity index (χ0n) is 11.7. The lowest BCUT2D eigenvalue weighted by Crippen LogP contribution is -2.44. The molecule has 0 aliphatic heterocycles. The van der Waals surface area contributed by atoms with Crippen LogP contribution in [0.4, 0.5) is 5.69 Å². The van der Waals surface area contributed by atoms with Crippen molar-refractivity contribution in [3.05, 3.63) is 23.8 Å². The molecule has 6 heteroatoms. The molecule has 1 aromatic carbocycles. The molecular formula is C14H22N2O3S. The van der Waals surface area contributed by atoms with E-state index in [1.807, 2.05) is 6.92 Å². The molecule has 1 fully saturated rings. The maximum Gasteiger partial charge on any atom is 0.240 e. The molecule has 1 aliphatic rings. The number of nitrogen functional groups attached to an aromatic ring is 1. The molecular weight excluding hydrogens is 276 g/mol. The molecule has 2 unspecified atom stereocenters. The van der Waals surface area contributed by atoms with Crippen LogP contribution in [0.3, 0.4) is 0 Å². The molecule has 4 N–H and O–H groups in total. The molecule has 20 heavy (non-hydrogen) atoms. The summed E-state index contributed by atoms with van der Waals surface area (Å²) in [5.41, 5.74) is 7.27. The molecule has 0 bridgehead atoms. The summed E-state index contributed by atoms with van der Waals surface area (Å²) in [5, 5.41) is 9.86. The summed E-state index contributed by atoms with van der Waals surface area (Å²) in [6, 6.07) is 4.38. The zero-order valence-corrected chi connectivity index (χ0v) is 12.5. The quantitative estimate of drug-likeness (QED) is 0.733. The smallest absolute Gasteiger partial charge is 0.240 e. The van der Waals surface area contributed by atoms with Crippen LogP contribution >= 0.6 is 0 Å². The summed E-state index contributed by atoms with van der Waals surface area (Å²) in [4.78, 5) is 0.157. The minimum atomic E-state index is -3.63. The van der Waals surface area contributed by atoms with E-state index in [1.54, 1.807) is 12.1 Å². The summed E-state index contributed by atoms with van der Waals surface area (Å²) >= 11 is 0. The minimum absolute atomic E-state index is 0.157. The second-order valence-corrected chi connectivity index (χ2v) is 7.01. The van der Waals surface area contributed by atoms with E-state index < -0.39 is 22.2 Å². The Bertz CT molecular complexity index is 572. The highest BCUT2D eigenvalue weighted by atomic mass is 32.2. The van der Waals surface area contributed by atoms with Gasteiger partial charge in [0, 0.05) is 11.7 Å². The molecule has 0 radical (unpaired) electrons. The van der Waals surface area contributed by atoms with Gasteiger partial charge in [0.15, 0.2) is 0 Å². The maximum absolute atomic E-state index is 12.3. The summed E-state index contributed by atoms with van der Waals surface area (Å²) in [6.07, 6.45) is 3.35. The van der Waals surface area contributed by atoms with Crippen molar-refractivity contribution < 1.29 is 13.5 Å². The molecule has 0 aromatic heterocycles. The van der Waals surface area contributed by atoms with Crippen LogP contribution in [-0.4, -0.2) is 25.7 Å². The van der Waals surface area contributed by atoms with Crippen molar-refractivity contribution in [3.8, 4) is 0 Å². The average molecular weight is 298 g/mol. The Morgan fingerprint density at radius 1 is 1.35 bits per heavy atom. The second-order valence-electron chi connectivity index (χ2n) is 5.29. The normalized spacial score (nSPS) is 23.7. The van der Waals surface area contributed by atoms with E-state index in [0.717, 1.165) is 24.8 Å². The Hall–Kier alpha value is -1.11. The standard InChI is InChI=1S/C14H22N2O3S/c1-2-10-7-8-11(9-12(10)15)20(18,19)16-13-5-3-4-6-14(13)17/h7-9,13-14,16-17H,2-6,15H2,1H3. The first-order valence-corrected chi connectivity index (χ1v) is 8.51. The van der Waals surface area contributed by atoms with Gasteiger partial charge < -0.3 is 10.8 Å². The highest BCUT2D eigenvalue weighted by molar-refractivity contribution is 7.89. The van der Waals surface area contributed by atoms with Gasteiger partial charge in [-0.2, -0.15) is 0 Å². The number of aliphatic hydroxyl groups excluding tert-OH is 1. The van der Waals surface area contributed by atoms with Crippen LogP contribution < -0.4 is 10.5 Å². The van der Waals surface area contributed by atoms with Gasteiger partial charge in [0.2, 0.25) is 10.0 Å². The van der Waals surface area contributed by atoms with Crippen molar-refractivity contribution >= 4 is 15.7 Å². The highest BCUT2D eigenvalue weighted by Crippen LogP contribution is 2.22. The lowest BCUT2D eigenvalue weighted by molar-refractivity contribution is 0.101. The summed E-state index contributed by atoms with van der Waals surface area (Å²) in [6.45, 7) is 1.97. The number of aliphatic hydroxyl groups is 1. The molecule has 0 saturated heterocycles. The van der Waals surface area contributed by atoms with Crippen molar-refractivity contribution in [3.63, 3.8) is 0 Å². The van der Waals surface area contributed by atoms with Gasteiger partial charge in [0.05, 0.1) is 11.0 Å². The van der Waals surface area contributed by atoms with Crippen molar-refractivity contribution in [2.45, 2.75) is 56.1 Å². The molecule has 0 heterocycles. The fourth-order valence-electron chi connectivity index (χ4n) is 2.58. The van der Waals surface area contributed by atoms with E-state index in [0.29, 0.717) is 18.5 Å². The predicted octanol–water partition coefficient (Wildman–Crippen LogP) is 1.41. The van der Waals surface area contributed by atoms with Crippen molar-refractivity contribution in [1.29, 1.82) is 0 Å². The fourth-order valence-corrected chi connectivity index (χ4v) is 3.92. The third-order valence-corrected chi connectivity index (χ3v) is 5.33. The molecule has 5 nitrogen and oxygen atoms in total. The number of nitrogens with two attached hydrogens (primary N) is 1. The van der Waals surface area contributed by atoms with Crippen LogP contribution in [0.1, 0.15) is 38.2 Å². The van der Waals surface area contributed by atoms with Gasteiger partial charge in [-0.15, -0.1) is 0 Å². The van der Waals surface area contributed by atoms with Gasteiger partial charge >= 0.3 is 0 Å². The van der Waals surface area contributed by atoms with E-state index in [-0.39, 0.29) is 4.90 Å². The highest BCUT2D eigenvalue weighted by Gasteiger charge is 2.28. The number of hydrogen-bond acceptors (Lipinski definition) is 4. The number of anilines is 1. The van der Waals surface area contributed by atoms with Gasteiger partial charge in [-0.3, -0.25) is 0 Å². The number of nitrogens with one attached hydrogen (secondary N) is 1. The van der Waals surface area contributed by atoms with Crippen LogP contribution in [0.15, 0.2) is 23.1 Å². The monoisotopic (exact) mass is 298 g/mol. The Morgan fingerprint density at radius 3 is 2.65 bits per heavy atom. The maximum atomic E-state index is 12.3. The lowest BCUT2D eigenvalue weighted by Gasteiger charge is -2.28. The van der Waals surface area contributed by atoms with Crippen LogP contribution in [-0.2, 0) is 16.4 Å². The van der Waals surface area contributed by atoms with Crippen molar-refractivity contribution in [2.75, 3.05) is 5.73 Å². The molecule has 112 valence electrons. The summed E-state index contributed by atoms with van der Waals surface area (Å²) in [5.74, 6) is 0. The van der Waals surface area contributed by atoms with Crippen LogP contribution in [0.5, 0.6) is 0 Å². The Kier molecular flexibility index (Phi) is 4.67. The SMILES string of the molecule is CCc1ccc(S(=O)(=O)NC2CCCCC2O)cc1N. The fraction of sp³-hybridized carbons (Fsp3) is 0.571. The molecule has 1 aromatic rings. The van der Waals surface area contributed by atoms with Crippen LogP contribution in [0.25, 0.3) is 0 Å². The Labute approximate surface area is 120 Å². The topological polar surface area (TPSA) is 92.4 Å². The number of benzene rings is 1. The van der Waals surface area contributed by atoms with Gasteiger partial charge in [-0.1, -0.05) is 25.8 Å². The van der Waals surface area contributed by atoms with E-state index in [1.165, 1.54) is 6.07 Å². The van der Waals surface area contributed by atoms with E-state index >= 15 is 0 Å². The van der Waals surface area contributed by atoms with Crippen molar-refractivity contribution in [2.24, 2.45) is 0 Å². The first-order chi connectivity index (χ1) is 9.44. The average Bonchev–Trinajstić information content (AvgIpc) is 2.41. The van der Waals surface area contributed by atoms with Crippen molar-refractivity contribution in [1.82, 2.24) is 4.72 Å². The zero-order chi connectivity index (χ0) is 14.8. The lowest BCUT2D eigenvalue weighted by atomic mass is 9.93. The number of rotatable bonds is 4. The third kappa shape index (κ3) is 3.31. The molecule has 0 spiro atoms. The third-order valence-electron chi connectivity index (χ3n) is 3.84. The van der Waals surface area contributed by atoms with E-state index in [9.17, 15) is 13.5 Å². The first-order valence-electron chi connectivity index (χ1n) is 7.03. The molecule has 1 aliphatic carbocycles. The molecule has 0 amide bonds. The second kappa shape index (κ2) is 6.11. The van der Waals surface area contributed by atoms with Gasteiger partial charge in [0.25, 0.3) is 0 Å². The van der Waals surface area contributed by atoms with Crippen LogP contribution in [0.2, 0.25) is 0 Å². The molecule has 1 saturated carbocycles. The summed E-state index contributed by atoms with van der Waals surface area (Å²) in [7, 11) is -3.63. The van der Waals surface area contributed by atoms with Crippen LogP contribution in [0, 0.1) is 0 Å². The van der Waals surface area contributed by atoms with Gasteiger partial charge in [0.1, 0.15) is 0 Å². The Morgan fingerprint density at radius 2 is 2.05 bits per heavy atom. The predicted molar refractivity (Wildman–Crippen MR) is 78.8 cm³/mol. The Balaban J connectivity index is 2.19. The number of sulfonamides is 1. The molecule has 2 rings (SSSR count). The largest absolute Gasteiger partial charge is 0.398 e. The van der Waals surface area contributed by atoms with E-state index in [4.69, 9.17) is 5.73 Å². The summed E-state index contributed by atoms with van der Waals surface area (Å²) < 4.78 is 27.2. The van der Waals surface area contributed by atoms with E-state index in [2.05, 4.69) is 4.72 Å². The van der Waals surface area contributed by atoms with Gasteiger partial charge in [-0.05, 0) is 37.0 Å². The minimum Gasteiger partial charge on any atom is -0.398 e. The number of hydrogen-bond donors (Lipinski definition) is 3. The molecule has 2 atom stereocenters. The van der Waals surface area contributed by atoms with Gasteiger partial charge in [-0.25, -0.2) is 13.1 Å². The first kappa shape index (κ1) is 15.3.